The molecular formula is C11H18Cl3NO2. The molecule has 1 saturated heterocycles. The average molecular weight is 303 g/mol. The van der Waals surface area contributed by atoms with E-state index in [1.807, 2.05) is 0 Å². The van der Waals surface area contributed by atoms with Crippen LogP contribution in [-0.4, -0.2) is 26.9 Å². The van der Waals surface area contributed by atoms with Gasteiger partial charge in [0.25, 0.3) is 3.79 Å². The van der Waals surface area contributed by atoms with Crippen LogP contribution in [0.5, 0.6) is 0 Å². The summed E-state index contributed by atoms with van der Waals surface area (Å²) in [7, 11) is 0. The minimum absolute atomic E-state index is 0.111. The maximum Gasteiger partial charge on any atom is 0.358 e. The highest BCUT2D eigenvalue weighted by atomic mass is 35.6. The Balaban J connectivity index is 2.70. The molecule has 17 heavy (non-hydrogen) atoms. The van der Waals surface area contributed by atoms with Crippen LogP contribution in [0.3, 0.4) is 0 Å². The van der Waals surface area contributed by atoms with Crippen molar-refractivity contribution in [3.05, 3.63) is 0 Å². The van der Waals surface area contributed by atoms with E-state index in [9.17, 15) is 4.79 Å². The number of alkyl halides is 3. The van der Waals surface area contributed by atoms with Crippen molar-refractivity contribution < 1.29 is 9.53 Å². The van der Waals surface area contributed by atoms with E-state index in [1.54, 1.807) is 0 Å². The van der Waals surface area contributed by atoms with Crippen LogP contribution in [0, 0.1) is 0 Å². The number of nitrogens with one attached hydrogen (secondary N) is 1. The van der Waals surface area contributed by atoms with Crippen LogP contribution >= 0.6 is 34.8 Å². The number of hydrogen-bond acceptors (Lipinski definition) is 3. The lowest BCUT2D eigenvalue weighted by molar-refractivity contribution is -0.152. The molecule has 1 heterocycles. The number of carbonyl (C=O) groups is 1. The Morgan fingerprint density at radius 3 is 1.94 bits per heavy atom. The van der Waals surface area contributed by atoms with Crippen molar-refractivity contribution in [1.29, 1.82) is 0 Å². The van der Waals surface area contributed by atoms with Gasteiger partial charge in [-0.1, -0.05) is 34.8 Å². The standard InChI is InChI=1S/C11H18Cl3NO2/c1-9(2)5-7(6-10(3,4)15-9)17-8(16)11(12,13)14/h7,15H,5-6H2,1-4H3. The zero-order valence-corrected chi connectivity index (χ0v) is 12.7. The fraction of sp³-hybridized carbons (Fsp3) is 0.909. The Kier molecular flexibility index (Phi) is 4.30. The minimum atomic E-state index is -2.00. The van der Waals surface area contributed by atoms with Crippen molar-refractivity contribution in [1.82, 2.24) is 5.32 Å². The molecule has 0 aromatic carbocycles. The largest absolute Gasteiger partial charge is 0.459 e. The van der Waals surface area contributed by atoms with Crippen LogP contribution in [-0.2, 0) is 9.53 Å². The molecule has 1 fully saturated rings. The van der Waals surface area contributed by atoms with E-state index in [-0.39, 0.29) is 17.2 Å². The summed E-state index contributed by atoms with van der Waals surface area (Å²) in [4.78, 5) is 11.5. The summed E-state index contributed by atoms with van der Waals surface area (Å²) in [5.74, 6) is -0.805. The van der Waals surface area contributed by atoms with E-state index >= 15 is 0 Å². The van der Waals surface area contributed by atoms with Gasteiger partial charge in [0.1, 0.15) is 6.10 Å². The molecule has 0 atom stereocenters. The lowest BCUT2D eigenvalue weighted by atomic mass is 9.81. The first-order valence-electron chi connectivity index (χ1n) is 5.48. The molecule has 1 N–H and O–H groups in total. The number of ether oxygens (including phenoxy) is 1. The lowest BCUT2D eigenvalue weighted by Gasteiger charge is -2.46. The van der Waals surface area contributed by atoms with Crippen molar-refractivity contribution in [2.75, 3.05) is 0 Å². The van der Waals surface area contributed by atoms with Crippen LogP contribution in [0.4, 0.5) is 0 Å². The van der Waals surface area contributed by atoms with Gasteiger partial charge in [-0.15, -0.1) is 0 Å². The van der Waals surface area contributed by atoms with Gasteiger partial charge in [-0.3, -0.25) is 0 Å². The van der Waals surface area contributed by atoms with Gasteiger partial charge in [0.15, 0.2) is 0 Å². The molecule has 0 aromatic heterocycles. The van der Waals surface area contributed by atoms with Crippen molar-refractivity contribution in [2.45, 2.75) is 61.5 Å². The van der Waals surface area contributed by atoms with Gasteiger partial charge < -0.3 is 10.1 Å². The van der Waals surface area contributed by atoms with Crippen molar-refractivity contribution >= 4 is 40.8 Å². The predicted molar refractivity (Wildman–Crippen MR) is 70.7 cm³/mol. The normalized spacial score (nSPS) is 24.4. The predicted octanol–water partition coefficient (Wildman–Crippen LogP) is 3.21. The van der Waals surface area contributed by atoms with E-state index in [2.05, 4.69) is 33.0 Å². The van der Waals surface area contributed by atoms with Crippen LogP contribution < -0.4 is 5.32 Å². The molecule has 6 heteroatoms. The number of esters is 1. The third-order valence-electron chi connectivity index (χ3n) is 2.66. The maximum absolute atomic E-state index is 11.5. The van der Waals surface area contributed by atoms with Gasteiger partial charge in [-0.25, -0.2) is 4.79 Å². The lowest BCUT2D eigenvalue weighted by Crippen LogP contribution is -2.60. The quantitative estimate of drug-likeness (QED) is 0.597. The third-order valence-corrected chi connectivity index (χ3v) is 3.12. The van der Waals surface area contributed by atoms with Gasteiger partial charge in [0.2, 0.25) is 0 Å². The number of piperidine rings is 1. The smallest absolute Gasteiger partial charge is 0.358 e. The Bertz CT molecular complexity index is 294. The Morgan fingerprint density at radius 2 is 1.59 bits per heavy atom. The molecule has 1 aliphatic heterocycles. The summed E-state index contributed by atoms with van der Waals surface area (Å²) in [6.07, 6.45) is 1.16. The van der Waals surface area contributed by atoms with E-state index in [0.29, 0.717) is 12.8 Å². The molecule has 0 aliphatic carbocycles. The molecule has 0 amide bonds. The molecule has 0 aromatic rings. The summed E-state index contributed by atoms with van der Waals surface area (Å²) in [5.41, 5.74) is -0.222. The fourth-order valence-corrected chi connectivity index (χ4v) is 2.66. The highest BCUT2D eigenvalue weighted by Gasteiger charge is 2.42. The topological polar surface area (TPSA) is 38.3 Å². The van der Waals surface area contributed by atoms with E-state index in [1.165, 1.54) is 0 Å². The number of carbonyl (C=O) groups excluding carboxylic acids is 1. The summed E-state index contributed by atoms with van der Waals surface area (Å²) in [5, 5.41) is 3.48. The van der Waals surface area contributed by atoms with Gasteiger partial charge >= 0.3 is 5.97 Å². The van der Waals surface area contributed by atoms with Crippen molar-refractivity contribution in [3.63, 3.8) is 0 Å². The van der Waals surface area contributed by atoms with Crippen molar-refractivity contribution in [3.8, 4) is 0 Å². The second kappa shape index (κ2) is 4.76. The molecular weight excluding hydrogens is 284 g/mol. The molecule has 0 radical (unpaired) electrons. The highest BCUT2D eigenvalue weighted by molar-refractivity contribution is 6.75. The van der Waals surface area contributed by atoms with Gasteiger partial charge in [-0.05, 0) is 27.7 Å². The Morgan fingerprint density at radius 1 is 1.18 bits per heavy atom. The third kappa shape index (κ3) is 4.82. The fourth-order valence-electron chi connectivity index (χ4n) is 2.53. The minimum Gasteiger partial charge on any atom is -0.459 e. The monoisotopic (exact) mass is 301 g/mol. The van der Waals surface area contributed by atoms with Gasteiger partial charge in [-0.2, -0.15) is 0 Å². The van der Waals surface area contributed by atoms with Crippen LogP contribution in [0.2, 0.25) is 0 Å². The number of hydrogen-bond donors (Lipinski definition) is 1. The maximum atomic E-state index is 11.5. The van der Waals surface area contributed by atoms with Gasteiger partial charge in [0.05, 0.1) is 0 Å². The molecule has 0 spiro atoms. The number of halogens is 3. The molecule has 100 valence electrons. The molecule has 3 nitrogen and oxygen atoms in total. The first-order valence-corrected chi connectivity index (χ1v) is 6.62. The first kappa shape index (κ1) is 15.4. The summed E-state index contributed by atoms with van der Waals surface area (Å²) < 4.78 is 3.25. The molecule has 1 rings (SSSR count). The molecule has 0 unspecified atom stereocenters. The second-order valence-electron chi connectivity index (χ2n) is 5.83. The summed E-state index contributed by atoms with van der Waals surface area (Å²) in [6, 6.07) is 0. The molecule has 0 bridgehead atoms. The Hall–Kier alpha value is 0.300. The highest BCUT2D eigenvalue weighted by Crippen LogP contribution is 2.33. The zero-order chi connectivity index (χ0) is 13.5. The second-order valence-corrected chi connectivity index (χ2v) is 8.11. The number of rotatable bonds is 1. The zero-order valence-electron chi connectivity index (χ0n) is 10.4. The average Bonchev–Trinajstić information content (AvgIpc) is 1.94. The van der Waals surface area contributed by atoms with Crippen LogP contribution in [0.15, 0.2) is 0 Å². The molecule has 1 aliphatic rings. The van der Waals surface area contributed by atoms with Gasteiger partial charge in [0, 0.05) is 23.9 Å². The first-order chi connectivity index (χ1) is 7.41. The van der Waals surface area contributed by atoms with E-state index in [0.717, 1.165) is 0 Å². The SMILES string of the molecule is CC1(C)CC(OC(=O)C(Cl)(Cl)Cl)CC(C)(C)N1. The summed E-state index contributed by atoms with van der Waals surface area (Å²) >= 11 is 16.5. The van der Waals surface area contributed by atoms with Crippen LogP contribution in [0.25, 0.3) is 0 Å². The summed E-state index contributed by atoms with van der Waals surface area (Å²) in [6.45, 7) is 8.24. The Labute approximate surface area is 117 Å². The van der Waals surface area contributed by atoms with Crippen LogP contribution in [0.1, 0.15) is 40.5 Å². The van der Waals surface area contributed by atoms with E-state index < -0.39 is 9.76 Å². The van der Waals surface area contributed by atoms with E-state index in [4.69, 9.17) is 39.5 Å². The van der Waals surface area contributed by atoms with Crippen molar-refractivity contribution in [2.24, 2.45) is 0 Å². The molecule has 0 saturated carbocycles.